The van der Waals surface area contributed by atoms with Crippen molar-refractivity contribution in [2.75, 3.05) is 6.54 Å². The van der Waals surface area contributed by atoms with E-state index in [4.69, 9.17) is 0 Å². The maximum absolute atomic E-state index is 12.8. The number of halogens is 1. The molecule has 0 aromatic heterocycles. The lowest BCUT2D eigenvalue weighted by molar-refractivity contribution is 0.536. The molecule has 3 nitrogen and oxygen atoms in total. The van der Waals surface area contributed by atoms with E-state index >= 15 is 0 Å². The van der Waals surface area contributed by atoms with Gasteiger partial charge in [-0.05, 0) is 35.6 Å². The molecule has 22 heavy (non-hydrogen) atoms. The number of hydrogen-bond acceptors (Lipinski definition) is 2. The maximum atomic E-state index is 12.8. The monoisotopic (exact) mass is 321 g/mol. The van der Waals surface area contributed by atoms with Crippen molar-refractivity contribution in [2.24, 2.45) is 5.92 Å². The van der Waals surface area contributed by atoms with Gasteiger partial charge >= 0.3 is 0 Å². The van der Waals surface area contributed by atoms with Gasteiger partial charge in [-0.3, -0.25) is 0 Å². The van der Waals surface area contributed by atoms with Crippen LogP contribution in [0.1, 0.15) is 18.1 Å². The average molecular weight is 321 g/mol. The second-order valence-electron chi connectivity index (χ2n) is 5.53. The van der Waals surface area contributed by atoms with Gasteiger partial charge in [0.05, 0.1) is 5.75 Å². The van der Waals surface area contributed by atoms with Crippen LogP contribution in [0.2, 0.25) is 0 Å². The van der Waals surface area contributed by atoms with Crippen LogP contribution in [0.4, 0.5) is 4.39 Å². The van der Waals surface area contributed by atoms with Crippen LogP contribution in [0.15, 0.2) is 54.6 Å². The Morgan fingerprint density at radius 2 is 1.64 bits per heavy atom. The average Bonchev–Trinajstić information content (AvgIpc) is 2.49. The van der Waals surface area contributed by atoms with Crippen molar-refractivity contribution in [1.29, 1.82) is 0 Å². The lowest BCUT2D eigenvalue weighted by atomic mass is 10.0. The van der Waals surface area contributed by atoms with Gasteiger partial charge in [-0.2, -0.15) is 0 Å². The van der Waals surface area contributed by atoms with Crippen molar-refractivity contribution in [3.8, 4) is 0 Å². The fraction of sp³-hybridized carbons (Fsp3) is 0.294. The number of nitrogens with one attached hydrogen (secondary N) is 1. The first-order chi connectivity index (χ1) is 10.4. The fourth-order valence-corrected chi connectivity index (χ4v) is 3.48. The lowest BCUT2D eigenvalue weighted by Gasteiger charge is -2.13. The summed E-state index contributed by atoms with van der Waals surface area (Å²) >= 11 is 0. The molecule has 1 N–H and O–H groups in total. The van der Waals surface area contributed by atoms with Gasteiger partial charge in [-0.15, -0.1) is 0 Å². The molecular weight excluding hydrogens is 301 g/mol. The maximum Gasteiger partial charge on any atom is 0.215 e. The van der Waals surface area contributed by atoms with Gasteiger partial charge < -0.3 is 0 Å². The first kappa shape index (κ1) is 16.6. The number of rotatable bonds is 7. The molecule has 0 bridgehead atoms. The van der Waals surface area contributed by atoms with E-state index in [1.807, 2.05) is 37.3 Å². The molecule has 0 aliphatic carbocycles. The summed E-state index contributed by atoms with van der Waals surface area (Å²) in [7, 11) is -3.41. The molecule has 0 saturated heterocycles. The SMILES string of the molecule is CC(CNS(=O)(=O)Cc1ccc(F)cc1)Cc1ccccc1. The molecule has 0 amide bonds. The van der Waals surface area contributed by atoms with Crippen LogP contribution in [0, 0.1) is 11.7 Å². The minimum absolute atomic E-state index is 0.134. The van der Waals surface area contributed by atoms with E-state index in [0.717, 1.165) is 6.42 Å². The molecule has 0 saturated carbocycles. The highest BCUT2D eigenvalue weighted by atomic mass is 32.2. The molecule has 118 valence electrons. The molecule has 5 heteroatoms. The van der Waals surface area contributed by atoms with Gasteiger partial charge in [0.25, 0.3) is 0 Å². The molecule has 0 radical (unpaired) electrons. The third kappa shape index (κ3) is 5.58. The molecule has 0 aliphatic heterocycles. The van der Waals surface area contributed by atoms with Crippen molar-refractivity contribution in [2.45, 2.75) is 19.1 Å². The highest BCUT2D eigenvalue weighted by Crippen LogP contribution is 2.10. The summed E-state index contributed by atoms with van der Waals surface area (Å²) in [6.45, 7) is 2.39. The number of sulfonamides is 1. The summed E-state index contributed by atoms with van der Waals surface area (Å²) in [5, 5.41) is 0. The zero-order chi connectivity index (χ0) is 16.0. The molecule has 0 fully saturated rings. The first-order valence-electron chi connectivity index (χ1n) is 7.20. The van der Waals surface area contributed by atoms with Gasteiger partial charge in [0, 0.05) is 6.54 Å². The van der Waals surface area contributed by atoms with Gasteiger partial charge in [0.1, 0.15) is 5.82 Å². The molecule has 1 atom stereocenters. The van der Waals surface area contributed by atoms with Gasteiger partial charge in [0.2, 0.25) is 10.0 Å². The van der Waals surface area contributed by atoms with Crippen LogP contribution in [0.5, 0.6) is 0 Å². The van der Waals surface area contributed by atoms with Crippen LogP contribution in [-0.4, -0.2) is 15.0 Å². The van der Waals surface area contributed by atoms with E-state index in [1.165, 1.54) is 29.8 Å². The minimum atomic E-state index is -3.41. The van der Waals surface area contributed by atoms with Gasteiger partial charge in [-0.1, -0.05) is 49.4 Å². The zero-order valence-corrected chi connectivity index (χ0v) is 13.3. The second-order valence-corrected chi connectivity index (χ2v) is 7.34. The summed E-state index contributed by atoms with van der Waals surface area (Å²) in [5.74, 6) is -0.304. The summed E-state index contributed by atoms with van der Waals surface area (Å²) < 4.78 is 39.5. The third-order valence-corrected chi connectivity index (χ3v) is 4.67. The van der Waals surface area contributed by atoms with Crippen LogP contribution in [0.25, 0.3) is 0 Å². The molecule has 2 rings (SSSR count). The molecule has 0 aliphatic rings. The van der Waals surface area contributed by atoms with Crippen molar-refractivity contribution >= 4 is 10.0 Å². The van der Waals surface area contributed by atoms with Crippen LogP contribution < -0.4 is 4.72 Å². The Morgan fingerprint density at radius 3 is 2.27 bits per heavy atom. The molecule has 2 aromatic rings. The minimum Gasteiger partial charge on any atom is -0.215 e. The van der Waals surface area contributed by atoms with E-state index in [0.29, 0.717) is 12.1 Å². The predicted molar refractivity (Wildman–Crippen MR) is 86.3 cm³/mol. The highest BCUT2D eigenvalue weighted by molar-refractivity contribution is 7.88. The summed E-state index contributed by atoms with van der Waals surface area (Å²) in [4.78, 5) is 0. The Balaban J connectivity index is 1.85. The Hall–Kier alpha value is -1.72. The van der Waals surface area contributed by atoms with Crippen molar-refractivity contribution in [1.82, 2.24) is 4.72 Å². The largest absolute Gasteiger partial charge is 0.215 e. The Bertz CT molecular complexity index is 684. The third-order valence-electron chi connectivity index (χ3n) is 3.35. The van der Waals surface area contributed by atoms with Crippen LogP contribution in [-0.2, 0) is 22.2 Å². The van der Waals surface area contributed by atoms with E-state index in [2.05, 4.69) is 4.72 Å². The molecular formula is C17H20FNO2S. The fourth-order valence-electron chi connectivity index (χ4n) is 2.21. The molecule has 1 unspecified atom stereocenters. The number of hydrogen-bond donors (Lipinski definition) is 1. The first-order valence-corrected chi connectivity index (χ1v) is 8.85. The van der Waals surface area contributed by atoms with E-state index in [9.17, 15) is 12.8 Å². The molecule has 2 aromatic carbocycles. The lowest BCUT2D eigenvalue weighted by Crippen LogP contribution is -2.30. The zero-order valence-electron chi connectivity index (χ0n) is 12.5. The quantitative estimate of drug-likeness (QED) is 0.851. The summed E-state index contributed by atoms with van der Waals surface area (Å²) in [6.07, 6.45) is 0.819. The summed E-state index contributed by atoms with van der Waals surface area (Å²) in [5.41, 5.74) is 1.76. The van der Waals surface area contributed by atoms with E-state index in [-0.39, 0.29) is 17.5 Å². The van der Waals surface area contributed by atoms with Crippen molar-refractivity contribution < 1.29 is 12.8 Å². The Labute approximate surface area is 131 Å². The van der Waals surface area contributed by atoms with Crippen LogP contribution in [0.3, 0.4) is 0 Å². The smallest absolute Gasteiger partial charge is 0.215 e. The predicted octanol–water partition coefficient (Wildman–Crippen LogP) is 3.12. The van der Waals surface area contributed by atoms with Gasteiger partial charge in [0.15, 0.2) is 0 Å². The van der Waals surface area contributed by atoms with Gasteiger partial charge in [-0.25, -0.2) is 17.5 Å². The Kier molecular flexibility index (Phi) is 5.69. The normalized spacial score (nSPS) is 13.0. The van der Waals surface area contributed by atoms with Crippen LogP contribution >= 0.6 is 0 Å². The molecule has 0 spiro atoms. The van der Waals surface area contributed by atoms with E-state index in [1.54, 1.807) is 0 Å². The topological polar surface area (TPSA) is 46.2 Å². The highest BCUT2D eigenvalue weighted by Gasteiger charge is 2.13. The van der Waals surface area contributed by atoms with Crippen molar-refractivity contribution in [3.63, 3.8) is 0 Å². The second kappa shape index (κ2) is 7.51. The number of benzene rings is 2. The van der Waals surface area contributed by atoms with Crippen molar-refractivity contribution in [3.05, 3.63) is 71.5 Å². The summed E-state index contributed by atoms with van der Waals surface area (Å²) in [6, 6.07) is 15.5. The standard InChI is InChI=1S/C17H20FNO2S/c1-14(11-15-5-3-2-4-6-15)12-19-22(20,21)13-16-7-9-17(18)10-8-16/h2-10,14,19H,11-13H2,1H3. The molecule has 0 heterocycles. The Morgan fingerprint density at radius 1 is 1.00 bits per heavy atom. The van der Waals surface area contributed by atoms with E-state index < -0.39 is 10.0 Å².